The molecule has 8 heteroatoms. The van der Waals surface area contributed by atoms with Crippen LogP contribution in [0, 0.1) is 12.8 Å². The van der Waals surface area contributed by atoms with Gasteiger partial charge in [-0.15, -0.1) is 0 Å². The van der Waals surface area contributed by atoms with Gasteiger partial charge in [-0.1, -0.05) is 12.1 Å². The fourth-order valence-corrected chi connectivity index (χ4v) is 3.72. The molecule has 3 rings (SSSR count). The van der Waals surface area contributed by atoms with E-state index >= 15 is 0 Å². The van der Waals surface area contributed by atoms with Crippen LogP contribution in [-0.2, 0) is 19.1 Å². The Morgan fingerprint density at radius 1 is 1.25 bits per heavy atom. The highest BCUT2D eigenvalue weighted by atomic mass is 16.5. The topological polar surface area (TPSA) is 88.2 Å². The highest BCUT2D eigenvalue weighted by Crippen LogP contribution is 2.22. The number of hydrogen-bond donors (Lipinski definition) is 1. The quantitative estimate of drug-likeness (QED) is 0.794. The van der Waals surface area contributed by atoms with Crippen molar-refractivity contribution in [3.8, 4) is 0 Å². The van der Waals surface area contributed by atoms with Crippen LogP contribution < -0.4 is 5.32 Å². The third-order valence-corrected chi connectivity index (χ3v) is 5.21. The molecular formula is C20H27N3O5. The van der Waals surface area contributed by atoms with Crippen molar-refractivity contribution >= 4 is 23.6 Å². The number of methoxy groups -OCH3 is 1. The SMILES string of the molecule is COC(=O)[C@H]1COCCN1C(=O)[C@H]1CCCN(C(=O)Nc2cccc(C)c2)C1. The molecule has 2 aliphatic heterocycles. The molecule has 0 saturated carbocycles. The van der Waals surface area contributed by atoms with Crippen molar-refractivity contribution < 1.29 is 23.9 Å². The molecule has 1 aromatic carbocycles. The Labute approximate surface area is 164 Å². The van der Waals surface area contributed by atoms with Crippen LogP contribution in [-0.4, -0.2) is 73.7 Å². The summed E-state index contributed by atoms with van der Waals surface area (Å²) in [6.45, 7) is 3.79. The van der Waals surface area contributed by atoms with Crippen LogP contribution in [0.15, 0.2) is 24.3 Å². The predicted molar refractivity (Wildman–Crippen MR) is 103 cm³/mol. The number of likely N-dealkylation sites (tertiary alicyclic amines) is 1. The summed E-state index contributed by atoms with van der Waals surface area (Å²) >= 11 is 0. The minimum atomic E-state index is -0.720. The van der Waals surface area contributed by atoms with E-state index in [1.165, 1.54) is 7.11 Å². The number of rotatable bonds is 3. The van der Waals surface area contributed by atoms with Gasteiger partial charge in [0, 0.05) is 25.3 Å². The molecule has 0 aromatic heterocycles. The maximum atomic E-state index is 13.1. The molecule has 2 fully saturated rings. The smallest absolute Gasteiger partial charge is 0.331 e. The Morgan fingerprint density at radius 3 is 2.82 bits per heavy atom. The molecule has 8 nitrogen and oxygen atoms in total. The van der Waals surface area contributed by atoms with E-state index in [1.807, 2.05) is 31.2 Å². The first-order valence-corrected chi connectivity index (χ1v) is 9.58. The fourth-order valence-electron chi connectivity index (χ4n) is 3.72. The lowest BCUT2D eigenvalue weighted by atomic mass is 9.95. The van der Waals surface area contributed by atoms with Crippen molar-refractivity contribution in [2.24, 2.45) is 5.92 Å². The lowest BCUT2D eigenvalue weighted by Gasteiger charge is -2.39. The van der Waals surface area contributed by atoms with Gasteiger partial charge in [0.05, 0.1) is 26.2 Å². The van der Waals surface area contributed by atoms with Crippen LogP contribution in [0.3, 0.4) is 0 Å². The number of carbonyl (C=O) groups is 3. The Kier molecular flexibility index (Phi) is 6.51. The van der Waals surface area contributed by atoms with Crippen molar-refractivity contribution in [1.29, 1.82) is 0 Å². The Morgan fingerprint density at radius 2 is 2.07 bits per heavy atom. The number of urea groups is 1. The van der Waals surface area contributed by atoms with Crippen LogP contribution in [0.1, 0.15) is 18.4 Å². The lowest BCUT2D eigenvalue weighted by molar-refractivity contribution is -0.163. The third-order valence-electron chi connectivity index (χ3n) is 5.21. The second-order valence-electron chi connectivity index (χ2n) is 7.23. The van der Waals surface area contributed by atoms with Crippen LogP contribution in [0.2, 0.25) is 0 Å². The average Bonchev–Trinajstić information content (AvgIpc) is 2.72. The Balaban J connectivity index is 1.64. The van der Waals surface area contributed by atoms with Gasteiger partial charge < -0.3 is 24.6 Å². The zero-order chi connectivity index (χ0) is 20.1. The number of anilines is 1. The van der Waals surface area contributed by atoms with E-state index in [0.29, 0.717) is 32.7 Å². The van der Waals surface area contributed by atoms with E-state index in [0.717, 1.165) is 17.7 Å². The fraction of sp³-hybridized carbons (Fsp3) is 0.550. The summed E-state index contributed by atoms with van der Waals surface area (Å²) in [6.07, 6.45) is 1.43. The standard InChI is InChI=1S/C20H27N3O5/c1-14-5-3-7-16(11-14)21-20(26)22-8-4-6-15(12-22)18(24)23-9-10-28-13-17(23)19(25)27-2/h3,5,7,11,15,17H,4,6,8-10,12-13H2,1-2H3,(H,21,26)/t15-,17+/m0/s1. The van der Waals surface area contributed by atoms with E-state index in [4.69, 9.17) is 9.47 Å². The number of benzene rings is 1. The van der Waals surface area contributed by atoms with Crippen molar-refractivity contribution in [1.82, 2.24) is 9.80 Å². The van der Waals surface area contributed by atoms with Gasteiger partial charge in [-0.05, 0) is 37.5 Å². The Hall–Kier alpha value is -2.61. The first-order chi connectivity index (χ1) is 13.5. The molecule has 0 aliphatic carbocycles. The number of piperidine rings is 1. The number of nitrogens with one attached hydrogen (secondary N) is 1. The molecule has 0 bridgehead atoms. The third kappa shape index (κ3) is 4.62. The molecule has 0 unspecified atom stereocenters. The molecule has 2 atom stereocenters. The zero-order valence-corrected chi connectivity index (χ0v) is 16.3. The monoisotopic (exact) mass is 389 g/mol. The summed E-state index contributed by atoms with van der Waals surface area (Å²) in [5, 5.41) is 2.90. The Bertz CT molecular complexity index is 738. The number of carbonyl (C=O) groups excluding carboxylic acids is 3. The largest absolute Gasteiger partial charge is 0.467 e. The van der Waals surface area contributed by atoms with Gasteiger partial charge in [-0.3, -0.25) is 4.79 Å². The van der Waals surface area contributed by atoms with E-state index in [2.05, 4.69) is 5.32 Å². The van der Waals surface area contributed by atoms with E-state index < -0.39 is 12.0 Å². The van der Waals surface area contributed by atoms with Crippen molar-refractivity contribution in [3.05, 3.63) is 29.8 Å². The van der Waals surface area contributed by atoms with Crippen molar-refractivity contribution in [2.45, 2.75) is 25.8 Å². The lowest BCUT2D eigenvalue weighted by Crippen LogP contribution is -2.56. The highest BCUT2D eigenvalue weighted by Gasteiger charge is 2.38. The summed E-state index contributed by atoms with van der Waals surface area (Å²) in [4.78, 5) is 40.9. The summed E-state index contributed by atoms with van der Waals surface area (Å²) < 4.78 is 10.1. The maximum absolute atomic E-state index is 13.1. The zero-order valence-electron chi connectivity index (χ0n) is 16.3. The van der Waals surface area contributed by atoms with Crippen molar-refractivity contribution in [3.63, 3.8) is 0 Å². The number of aryl methyl sites for hydroxylation is 1. The number of hydrogen-bond acceptors (Lipinski definition) is 5. The minimum Gasteiger partial charge on any atom is -0.467 e. The summed E-state index contributed by atoms with van der Waals surface area (Å²) in [7, 11) is 1.30. The first-order valence-electron chi connectivity index (χ1n) is 9.58. The molecule has 0 spiro atoms. The van der Waals surface area contributed by atoms with Gasteiger partial charge >= 0.3 is 12.0 Å². The van der Waals surface area contributed by atoms with E-state index in [1.54, 1.807) is 9.80 Å². The van der Waals surface area contributed by atoms with Gasteiger partial charge in [0.1, 0.15) is 0 Å². The number of esters is 1. The average molecular weight is 389 g/mol. The second kappa shape index (κ2) is 9.05. The number of nitrogens with zero attached hydrogens (tertiary/aromatic N) is 2. The van der Waals surface area contributed by atoms with Crippen LogP contribution in [0.4, 0.5) is 10.5 Å². The molecule has 1 N–H and O–H groups in total. The second-order valence-corrected chi connectivity index (χ2v) is 7.23. The number of ether oxygens (including phenoxy) is 2. The molecule has 2 saturated heterocycles. The van der Waals surface area contributed by atoms with Gasteiger partial charge in [-0.2, -0.15) is 0 Å². The van der Waals surface area contributed by atoms with E-state index in [-0.39, 0.29) is 24.5 Å². The van der Waals surface area contributed by atoms with Gasteiger partial charge in [0.2, 0.25) is 5.91 Å². The molecule has 2 heterocycles. The molecule has 1 aromatic rings. The first kappa shape index (κ1) is 20.1. The normalized spacial score (nSPS) is 22.5. The number of amides is 3. The van der Waals surface area contributed by atoms with Gasteiger partial charge in [0.15, 0.2) is 6.04 Å². The summed E-state index contributed by atoms with van der Waals surface area (Å²) in [5.41, 5.74) is 1.79. The number of morpholine rings is 1. The predicted octanol–water partition coefficient (Wildman–Crippen LogP) is 1.64. The van der Waals surface area contributed by atoms with Crippen LogP contribution >= 0.6 is 0 Å². The molecule has 0 radical (unpaired) electrons. The molecule has 28 heavy (non-hydrogen) atoms. The van der Waals surface area contributed by atoms with E-state index in [9.17, 15) is 14.4 Å². The maximum Gasteiger partial charge on any atom is 0.331 e. The molecule has 152 valence electrons. The molecule has 3 amide bonds. The minimum absolute atomic E-state index is 0.119. The summed E-state index contributed by atoms with van der Waals surface area (Å²) in [5.74, 6) is -0.924. The molecular weight excluding hydrogens is 362 g/mol. The summed E-state index contributed by atoms with van der Waals surface area (Å²) in [6, 6.07) is 6.66. The van der Waals surface area contributed by atoms with Gasteiger partial charge in [0.25, 0.3) is 0 Å². The van der Waals surface area contributed by atoms with Crippen LogP contribution in [0.5, 0.6) is 0 Å². The highest BCUT2D eigenvalue weighted by molar-refractivity contribution is 5.91. The van der Waals surface area contributed by atoms with Gasteiger partial charge in [-0.25, -0.2) is 9.59 Å². The van der Waals surface area contributed by atoms with Crippen molar-refractivity contribution in [2.75, 3.05) is 45.3 Å². The molecule has 2 aliphatic rings. The van der Waals surface area contributed by atoms with Crippen LogP contribution in [0.25, 0.3) is 0 Å².